The first-order valence-electron chi connectivity index (χ1n) is 8.86. The Morgan fingerprint density at radius 3 is 2.66 bits per heavy atom. The van der Waals surface area contributed by atoms with E-state index in [-0.39, 0.29) is 11.5 Å². The van der Waals surface area contributed by atoms with Gasteiger partial charge in [0.2, 0.25) is 0 Å². The number of aromatic nitrogens is 6. The van der Waals surface area contributed by atoms with Crippen molar-refractivity contribution in [2.24, 2.45) is 0 Å². The van der Waals surface area contributed by atoms with Gasteiger partial charge >= 0.3 is 6.18 Å². The minimum atomic E-state index is -4.54. The zero-order chi connectivity index (χ0) is 20.6. The summed E-state index contributed by atoms with van der Waals surface area (Å²) in [5, 5.41) is 12.8. The number of hydrogen-bond donors (Lipinski definition) is 2. The Hall–Kier alpha value is -3.44. The van der Waals surface area contributed by atoms with Crippen molar-refractivity contribution in [1.29, 1.82) is 0 Å². The molecule has 0 unspecified atom stereocenters. The maximum Gasteiger partial charge on any atom is 0.408 e. The number of amides is 1. The van der Waals surface area contributed by atoms with Crippen LogP contribution in [-0.4, -0.2) is 61.2 Å². The van der Waals surface area contributed by atoms with Crippen molar-refractivity contribution in [3.63, 3.8) is 0 Å². The van der Waals surface area contributed by atoms with Gasteiger partial charge in [-0.1, -0.05) is 0 Å². The highest BCUT2D eigenvalue weighted by molar-refractivity contribution is 5.97. The highest BCUT2D eigenvalue weighted by Crippen LogP contribution is 2.25. The molecule has 152 valence electrons. The predicted octanol–water partition coefficient (Wildman–Crippen LogP) is 1.94. The van der Waals surface area contributed by atoms with Crippen molar-refractivity contribution in [2.45, 2.75) is 25.6 Å². The molecule has 29 heavy (non-hydrogen) atoms. The van der Waals surface area contributed by atoms with Crippen LogP contribution in [0, 0.1) is 0 Å². The molecule has 1 saturated heterocycles. The Morgan fingerprint density at radius 1 is 1.24 bits per heavy atom. The number of H-pyrrole nitrogens is 1. The van der Waals surface area contributed by atoms with Gasteiger partial charge < -0.3 is 10.2 Å². The summed E-state index contributed by atoms with van der Waals surface area (Å²) in [6.07, 6.45) is 4.38. The smallest absolute Gasteiger partial charge is 0.354 e. The molecule has 9 nitrogen and oxygen atoms in total. The highest BCUT2D eigenvalue weighted by Gasteiger charge is 2.38. The SMILES string of the molecule is C[C@H](NC(=O)c1ncc(-n2cc(-c3cn[nH]c3)cn2)nc1N1CCC1)C(F)(F)F. The Labute approximate surface area is 163 Å². The van der Waals surface area contributed by atoms with Crippen molar-refractivity contribution in [3.05, 3.63) is 36.7 Å². The number of carbonyl (C=O) groups is 1. The fourth-order valence-corrected chi connectivity index (χ4v) is 2.74. The summed E-state index contributed by atoms with van der Waals surface area (Å²) in [6, 6.07) is -2.00. The second kappa shape index (κ2) is 7.18. The zero-order valence-corrected chi connectivity index (χ0v) is 15.3. The number of alkyl halides is 3. The number of anilines is 1. The molecule has 1 amide bonds. The van der Waals surface area contributed by atoms with Gasteiger partial charge in [0.1, 0.15) is 6.04 Å². The molecule has 3 aromatic heterocycles. The van der Waals surface area contributed by atoms with Gasteiger partial charge in [0.25, 0.3) is 5.91 Å². The van der Waals surface area contributed by atoms with Crippen LogP contribution in [0.5, 0.6) is 0 Å². The molecule has 1 aliphatic rings. The third-order valence-corrected chi connectivity index (χ3v) is 4.60. The van der Waals surface area contributed by atoms with Crippen LogP contribution in [0.1, 0.15) is 23.8 Å². The van der Waals surface area contributed by atoms with E-state index in [1.807, 2.05) is 5.32 Å². The van der Waals surface area contributed by atoms with Crippen LogP contribution >= 0.6 is 0 Å². The van der Waals surface area contributed by atoms with E-state index in [1.165, 1.54) is 10.9 Å². The first-order valence-corrected chi connectivity index (χ1v) is 8.86. The molecule has 4 rings (SSSR count). The fraction of sp³-hybridized carbons (Fsp3) is 0.353. The maximum absolute atomic E-state index is 12.8. The molecule has 0 radical (unpaired) electrons. The molecule has 1 aliphatic heterocycles. The lowest BCUT2D eigenvalue weighted by molar-refractivity contribution is -0.149. The van der Waals surface area contributed by atoms with Gasteiger partial charge in [-0.05, 0) is 13.3 Å². The van der Waals surface area contributed by atoms with E-state index in [9.17, 15) is 18.0 Å². The standard InChI is InChI=1S/C17H17F3N8O/c1-10(17(18,19)20)25-16(29)14-15(27-3-2-4-27)26-13(8-21-14)28-9-12(7-24-28)11-5-22-23-6-11/h5-10H,2-4H2,1H3,(H,22,23)(H,25,29)/t10-/m0/s1. The lowest BCUT2D eigenvalue weighted by Crippen LogP contribution is -2.45. The molecular weight excluding hydrogens is 389 g/mol. The molecule has 3 aromatic rings. The number of hydrogen-bond acceptors (Lipinski definition) is 6. The van der Waals surface area contributed by atoms with Crippen LogP contribution in [0.25, 0.3) is 16.9 Å². The summed E-state index contributed by atoms with van der Waals surface area (Å²) in [7, 11) is 0. The number of carbonyl (C=O) groups excluding carboxylic acids is 1. The van der Waals surface area contributed by atoms with E-state index < -0.39 is 18.1 Å². The topological polar surface area (TPSA) is 105 Å². The fourth-order valence-electron chi connectivity index (χ4n) is 2.74. The summed E-state index contributed by atoms with van der Waals surface area (Å²) in [6.45, 7) is 2.17. The largest absolute Gasteiger partial charge is 0.408 e. The number of rotatable bonds is 5. The van der Waals surface area contributed by atoms with Crippen LogP contribution < -0.4 is 10.2 Å². The molecule has 0 saturated carbocycles. The lowest BCUT2D eigenvalue weighted by atomic mass is 10.2. The molecule has 2 N–H and O–H groups in total. The monoisotopic (exact) mass is 406 g/mol. The molecule has 0 aromatic carbocycles. The quantitative estimate of drug-likeness (QED) is 0.671. The Bertz CT molecular complexity index is 1010. The first-order chi connectivity index (χ1) is 13.8. The number of nitrogens with zero attached hydrogens (tertiary/aromatic N) is 6. The minimum absolute atomic E-state index is 0.147. The lowest BCUT2D eigenvalue weighted by Gasteiger charge is -2.33. The van der Waals surface area contributed by atoms with Crippen LogP contribution in [0.15, 0.2) is 31.0 Å². The van der Waals surface area contributed by atoms with Gasteiger partial charge in [-0.15, -0.1) is 0 Å². The molecule has 4 heterocycles. The second-order valence-corrected chi connectivity index (χ2v) is 6.64. The third kappa shape index (κ3) is 3.77. The van der Waals surface area contributed by atoms with Gasteiger partial charge in [-0.25, -0.2) is 14.6 Å². The van der Waals surface area contributed by atoms with E-state index in [1.54, 1.807) is 29.7 Å². The van der Waals surface area contributed by atoms with Gasteiger partial charge in [-0.3, -0.25) is 9.89 Å². The van der Waals surface area contributed by atoms with Crippen LogP contribution in [0.4, 0.5) is 19.0 Å². The van der Waals surface area contributed by atoms with E-state index in [0.29, 0.717) is 18.9 Å². The zero-order valence-electron chi connectivity index (χ0n) is 15.3. The van der Waals surface area contributed by atoms with E-state index >= 15 is 0 Å². The van der Waals surface area contributed by atoms with E-state index in [2.05, 4.69) is 25.3 Å². The summed E-state index contributed by atoms with van der Waals surface area (Å²) in [5.41, 5.74) is 1.49. The summed E-state index contributed by atoms with van der Waals surface area (Å²) < 4.78 is 39.8. The van der Waals surface area contributed by atoms with Gasteiger partial charge in [0, 0.05) is 36.6 Å². The third-order valence-electron chi connectivity index (χ3n) is 4.60. The summed E-state index contributed by atoms with van der Waals surface area (Å²) >= 11 is 0. The van der Waals surface area contributed by atoms with Crippen molar-refractivity contribution >= 4 is 11.7 Å². The molecule has 1 atom stereocenters. The Morgan fingerprint density at radius 2 is 2.03 bits per heavy atom. The average Bonchev–Trinajstić information content (AvgIpc) is 3.31. The Kier molecular flexibility index (Phi) is 4.68. The molecule has 12 heteroatoms. The van der Waals surface area contributed by atoms with Crippen LogP contribution in [0.3, 0.4) is 0 Å². The van der Waals surface area contributed by atoms with Crippen molar-refractivity contribution in [2.75, 3.05) is 18.0 Å². The van der Waals surface area contributed by atoms with E-state index in [4.69, 9.17) is 0 Å². The maximum atomic E-state index is 12.8. The molecule has 0 spiro atoms. The van der Waals surface area contributed by atoms with Crippen molar-refractivity contribution < 1.29 is 18.0 Å². The van der Waals surface area contributed by atoms with E-state index in [0.717, 1.165) is 24.5 Å². The Balaban J connectivity index is 1.64. The summed E-state index contributed by atoms with van der Waals surface area (Å²) in [4.78, 5) is 22.7. The molecule has 0 aliphatic carbocycles. The van der Waals surface area contributed by atoms with Crippen molar-refractivity contribution in [3.8, 4) is 16.9 Å². The van der Waals surface area contributed by atoms with Crippen LogP contribution in [-0.2, 0) is 0 Å². The average molecular weight is 406 g/mol. The van der Waals surface area contributed by atoms with Gasteiger partial charge in [-0.2, -0.15) is 23.4 Å². The second-order valence-electron chi connectivity index (χ2n) is 6.64. The summed E-state index contributed by atoms with van der Waals surface area (Å²) in [5.74, 6) is -0.335. The number of aromatic amines is 1. The number of halogens is 3. The molecule has 1 fully saturated rings. The minimum Gasteiger partial charge on any atom is -0.354 e. The predicted molar refractivity (Wildman–Crippen MR) is 96.5 cm³/mol. The first kappa shape index (κ1) is 18.9. The van der Waals surface area contributed by atoms with Crippen LogP contribution in [0.2, 0.25) is 0 Å². The number of nitrogens with one attached hydrogen (secondary N) is 2. The molecular formula is C17H17F3N8O. The van der Waals surface area contributed by atoms with Gasteiger partial charge in [0.05, 0.1) is 18.6 Å². The normalized spacial score (nSPS) is 15.1. The van der Waals surface area contributed by atoms with Gasteiger partial charge in [0.15, 0.2) is 17.3 Å². The van der Waals surface area contributed by atoms with Crippen molar-refractivity contribution in [1.82, 2.24) is 35.3 Å². The highest BCUT2D eigenvalue weighted by atomic mass is 19.4. The molecule has 0 bridgehead atoms.